The molecule has 1 aliphatic rings. The Bertz CT molecular complexity index is 503. The van der Waals surface area contributed by atoms with Crippen molar-refractivity contribution in [1.29, 1.82) is 0 Å². The van der Waals surface area contributed by atoms with E-state index in [2.05, 4.69) is 10.1 Å². The van der Waals surface area contributed by atoms with Gasteiger partial charge in [-0.3, -0.25) is 0 Å². The minimum absolute atomic E-state index is 0.113. The quantitative estimate of drug-likeness (QED) is 0.373. The van der Waals surface area contributed by atoms with Gasteiger partial charge in [0.05, 0.1) is 19.4 Å². The van der Waals surface area contributed by atoms with Gasteiger partial charge in [0.15, 0.2) is 5.84 Å². The van der Waals surface area contributed by atoms with Crippen molar-refractivity contribution in [3.8, 4) is 5.75 Å². The Morgan fingerprint density at radius 3 is 2.95 bits per heavy atom. The largest absolute Gasteiger partial charge is 0.497 e. The first-order valence-electron chi connectivity index (χ1n) is 7.09. The highest BCUT2D eigenvalue weighted by atomic mass is 16.5. The van der Waals surface area contributed by atoms with Crippen molar-refractivity contribution in [2.45, 2.75) is 12.8 Å². The molecule has 0 saturated carbocycles. The van der Waals surface area contributed by atoms with Crippen molar-refractivity contribution in [2.24, 2.45) is 16.8 Å². The Morgan fingerprint density at radius 1 is 1.48 bits per heavy atom. The third-order valence-corrected chi connectivity index (χ3v) is 3.85. The van der Waals surface area contributed by atoms with E-state index in [1.54, 1.807) is 14.2 Å². The number of anilines is 1. The van der Waals surface area contributed by atoms with Crippen LogP contribution in [0.5, 0.6) is 5.75 Å². The smallest absolute Gasteiger partial charge is 0.172 e. The molecule has 0 spiro atoms. The van der Waals surface area contributed by atoms with Gasteiger partial charge in [-0.25, -0.2) is 0 Å². The van der Waals surface area contributed by atoms with Crippen LogP contribution in [0.25, 0.3) is 0 Å². The van der Waals surface area contributed by atoms with Crippen LogP contribution >= 0.6 is 0 Å². The Hall–Kier alpha value is -1.95. The van der Waals surface area contributed by atoms with Crippen molar-refractivity contribution in [3.05, 3.63) is 23.8 Å². The summed E-state index contributed by atoms with van der Waals surface area (Å²) in [4.78, 5) is 2.25. The molecule has 1 aromatic rings. The van der Waals surface area contributed by atoms with Crippen LogP contribution in [0.3, 0.4) is 0 Å². The van der Waals surface area contributed by atoms with E-state index >= 15 is 0 Å². The van der Waals surface area contributed by atoms with Gasteiger partial charge >= 0.3 is 0 Å². The summed E-state index contributed by atoms with van der Waals surface area (Å²) in [5.41, 5.74) is 7.45. The topological polar surface area (TPSA) is 80.3 Å². The highest BCUT2D eigenvalue weighted by molar-refractivity contribution is 6.02. The fourth-order valence-electron chi connectivity index (χ4n) is 2.83. The summed E-state index contributed by atoms with van der Waals surface area (Å²) in [5.74, 6) is 1.37. The van der Waals surface area contributed by atoms with Crippen LogP contribution in [0.15, 0.2) is 23.4 Å². The van der Waals surface area contributed by atoms with Crippen molar-refractivity contribution in [3.63, 3.8) is 0 Å². The number of ether oxygens (including phenoxy) is 2. The average Bonchev–Trinajstić information content (AvgIpc) is 2.54. The zero-order chi connectivity index (χ0) is 15.2. The fourth-order valence-corrected chi connectivity index (χ4v) is 2.83. The molecule has 1 unspecified atom stereocenters. The lowest BCUT2D eigenvalue weighted by molar-refractivity contribution is 0.143. The van der Waals surface area contributed by atoms with E-state index in [0.717, 1.165) is 49.5 Å². The van der Waals surface area contributed by atoms with E-state index in [9.17, 15) is 0 Å². The second-order valence-electron chi connectivity index (χ2n) is 5.28. The van der Waals surface area contributed by atoms with Crippen LogP contribution in [0, 0.1) is 5.92 Å². The molecule has 1 fully saturated rings. The minimum Gasteiger partial charge on any atom is -0.497 e. The third kappa shape index (κ3) is 3.58. The number of oxime groups is 1. The monoisotopic (exact) mass is 293 g/mol. The summed E-state index contributed by atoms with van der Waals surface area (Å²) < 4.78 is 10.6. The van der Waals surface area contributed by atoms with E-state index in [1.807, 2.05) is 18.2 Å². The normalized spacial score (nSPS) is 19.6. The summed E-state index contributed by atoms with van der Waals surface area (Å²) in [6, 6.07) is 5.57. The number of nitrogens with zero attached hydrogens (tertiary/aromatic N) is 2. The van der Waals surface area contributed by atoms with Gasteiger partial charge in [-0.05, 0) is 30.9 Å². The lowest BCUT2D eigenvalue weighted by Gasteiger charge is -2.35. The summed E-state index contributed by atoms with van der Waals surface area (Å²) in [5, 5.41) is 12.1. The molecule has 1 heterocycles. The molecular weight excluding hydrogens is 270 g/mol. The molecule has 6 nitrogen and oxygen atoms in total. The molecule has 1 saturated heterocycles. The molecule has 0 aliphatic carbocycles. The molecule has 116 valence electrons. The maximum Gasteiger partial charge on any atom is 0.172 e. The second-order valence-corrected chi connectivity index (χ2v) is 5.28. The molecule has 21 heavy (non-hydrogen) atoms. The lowest BCUT2D eigenvalue weighted by atomic mass is 9.97. The molecule has 3 N–H and O–H groups in total. The number of nitrogens with two attached hydrogens (primary N) is 1. The Kier molecular flexibility index (Phi) is 5.27. The van der Waals surface area contributed by atoms with Gasteiger partial charge in [0.1, 0.15) is 5.75 Å². The van der Waals surface area contributed by atoms with Gasteiger partial charge in [0, 0.05) is 31.8 Å². The number of amidine groups is 1. The van der Waals surface area contributed by atoms with Gasteiger partial charge in [0.2, 0.25) is 0 Å². The Balaban J connectivity index is 2.31. The van der Waals surface area contributed by atoms with Crippen molar-refractivity contribution < 1.29 is 14.7 Å². The van der Waals surface area contributed by atoms with Gasteiger partial charge in [0.25, 0.3) is 0 Å². The molecule has 6 heteroatoms. The first kappa shape index (κ1) is 15.4. The van der Waals surface area contributed by atoms with Crippen LogP contribution in [-0.2, 0) is 4.74 Å². The first-order chi connectivity index (χ1) is 10.2. The number of rotatable bonds is 5. The summed E-state index contributed by atoms with van der Waals surface area (Å²) >= 11 is 0. The molecule has 1 atom stereocenters. The number of piperidine rings is 1. The van der Waals surface area contributed by atoms with E-state index in [-0.39, 0.29) is 5.84 Å². The van der Waals surface area contributed by atoms with E-state index < -0.39 is 0 Å². The molecule has 0 amide bonds. The van der Waals surface area contributed by atoms with Crippen LogP contribution < -0.4 is 15.4 Å². The lowest BCUT2D eigenvalue weighted by Crippen LogP contribution is -2.38. The maximum absolute atomic E-state index is 8.97. The summed E-state index contributed by atoms with van der Waals surface area (Å²) in [6.45, 7) is 2.59. The molecule has 2 rings (SSSR count). The highest BCUT2D eigenvalue weighted by Gasteiger charge is 2.23. The van der Waals surface area contributed by atoms with Gasteiger partial charge < -0.3 is 25.3 Å². The minimum atomic E-state index is 0.113. The van der Waals surface area contributed by atoms with Crippen molar-refractivity contribution >= 4 is 11.5 Å². The van der Waals surface area contributed by atoms with E-state index in [4.69, 9.17) is 20.4 Å². The van der Waals surface area contributed by atoms with Crippen LogP contribution in [0.2, 0.25) is 0 Å². The van der Waals surface area contributed by atoms with E-state index in [1.165, 1.54) is 0 Å². The first-order valence-corrected chi connectivity index (χ1v) is 7.09. The fraction of sp³-hybridized carbons (Fsp3) is 0.533. The Labute approximate surface area is 125 Å². The number of hydrogen-bond donors (Lipinski definition) is 2. The number of methoxy groups -OCH3 is 2. The SMILES string of the molecule is COCC1CCCN(c2cc(OC)ccc2/C(N)=N/O)C1. The zero-order valence-corrected chi connectivity index (χ0v) is 12.6. The molecule has 0 aromatic heterocycles. The molecule has 0 radical (unpaired) electrons. The maximum atomic E-state index is 8.97. The highest BCUT2D eigenvalue weighted by Crippen LogP contribution is 2.30. The van der Waals surface area contributed by atoms with Crippen molar-refractivity contribution in [1.82, 2.24) is 0 Å². The summed E-state index contributed by atoms with van der Waals surface area (Å²) in [6.07, 6.45) is 2.26. The molecule has 1 aliphatic heterocycles. The van der Waals surface area contributed by atoms with Gasteiger partial charge in [-0.15, -0.1) is 0 Å². The zero-order valence-electron chi connectivity index (χ0n) is 12.6. The molecule has 1 aromatic carbocycles. The molecule has 0 bridgehead atoms. The second kappa shape index (κ2) is 7.17. The average molecular weight is 293 g/mol. The Morgan fingerprint density at radius 2 is 2.29 bits per heavy atom. The molecular formula is C15H23N3O3. The van der Waals surface area contributed by atoms with Gasteiger partial charge in [-0.2, -0.15) is 0 Å². The van der Waals surface area contributed by atoms with Crippen LogP contribution in [-0.4, -0.2) is 45.0 Å². The van der Waals surface area contributed by atoms with E-state index in [0.29, 0.717) is 5.92 Å². The van der Waals surface area contributed by atoms with Gasteiger partial charge in [-0.1, -0.05) is 5.16 Å². The van der Waals surface area contributed by atoms with Crippen molar-refractivity contribution in [2.75, 3.05) is 38.8 Å². The van der Waals surface area contributed by atoms with Crippen LogP contribution in [0.1, 0.15) is 18.4 Å². The summed E-state index contributed by atoms with van der Waals surface area (Å²) in [7, 11) is 3.36. The predicted octanol–water partition coefficient (Wildman–Crippen LogP) is 1.65. The third-order valence-electron chi connectivity index (χ3n) is 3.85. The van der Waals surface area contributed by atoms with Crippen LogP contribution in [0.4, 0.5) is 5.69 Å². The number of benzene rings is 1. The standard InChI is InChI=1S/C15H23N3O3/c1-20-10-11-4-3-7-18(9-11)14-8-12(21-2)5-6-13(14)15(16)17-19/h5-6,8,11,19H,3-4,7,9-10H2,1-2H3,(H2,16,17). The number of hydrogen-bond acceptors (Lipinski definition) is 5. The predicted molar refractivity (Wildman–Crippen MR) is 82.3 cm³/mol.